The lowest BCUT2D eigenvalue weighted by Crippen LogP contribution is -2.43. The Morgan fingerprint density at radius 3 is 2.71 bits per heavy atom. The number of hydrogen-bond acceptors (Lipinski definition) is 5. The summed E-state index contributed by atoms with van der Waals surface area (Å²) in [4.78, 5) is 11.9. The molecule has 6 nitrogen and oxygen atoms in total. The molecule has 0 aliphatic carbocycles. The molecular formula is C21H39N5OS. The minimum atomic E-state index is 0.253. The fourth-order valence-corrected chi connectivity index (χ4v) is 4.38. The molecule has 0 radical (unpaired) electrons. The molecule has 0 aromatic carbocycles. The summed E-state index contributed by atoms with van der Waals surface area (Å²) in [5.74, 6) is 2.09. The molecule has 1 aliphatic rings. The molecule has 0 amide bonds. The van der Waals surface area contributed by atoms with Crippen LogP contribution in [0.5, 0.6) is 0 Å². The van der Waals surface area contributed by atoms with E-state index in [0.717, 1.165) is 69.5 Å². The normalized spacial score (nSPS) is 17.6. The van der Waals surface area contributed by atoms with E-state index in [1.165, 1.54) is 18.5 Å². The molecule has 2 rings (SSSR count). The van der Waals surface area contributed by atoms with Gasteiger partial charge < -0.3 is 15.7 Å². The summed E-state index contributed by atoms with van der Waals surface area (Å²) in [6.07, 6.45) is 5.55. The number of guanidine groups is 1. The second-order valence-corrected chi connectivity index (χ2v) is 8.91. The van der Waals surface area contributed by atoms with Gasteiger partial charge >= 0.3 is 0 Å². The first-order valence-electron chi connectivity index (χ1n) is 10.9. The fourth-order valence-electron chi connectivity index (χ4n) is 3.78. The zero-order chi connectivity index (χ0) is 20.2. The minimum Gasteiger partial charge on any atom is -0.396 e. The SMILES string of the molecule is CCCC(CCO)CN=C(NCC)NCC1CCN(Cc2csc(C)n2)CC1. The number of likely N-dealkylation sites (tertiary alicyclic amines) is 1. The van der Waals surface area contributed by atoms with E-state index in [-0.39, 0.29) is 6.61 Å². The molecule has 0 spiro atoms. The maximum atomic E-state index is 9.23. The van der Waals surface area contributed by atoms with Crippen LogP contribution in [-0.4, -0.2) is 60.3 Å². The van der Waals surface area contributed by atoms with Crippen LogP contribution in [0.3, 0.4) is 0 Å². The van der Waals surface area contributed by atoms with Crippen molar-refractivity contribution in [3.8, 4) is 0 Å². The van der Waals surface area contributed by atoms with Crippen molar-refractivity contribution >= 4 is 17.3 Å². The molecular weight excluding hydrogens is 370 g/mol. The van der Waals surface area contributed by atoms with Crippen LogP contribution < -0.4 is 10.6 Å². The van der Waals surface area contributed by atoms with Crippen molar-refractivity contribution in [3.05, 3.63) is 16.1 Å². The topological polar surface area (TPSA) is 72.8 Å². The first kappa shape index (κ1) is 23.1. The summed E-state index contributed by atoms with van der Waals surface area (Å²) in [5.41, 5.74) is 1.21. The number of thiazole rings is 1. The average Bonchev–Trinajstić information content (AvgIpc) is 3.10. The van der Waals surface area contributed by atoms with Gasteiger partial charge in [-0.25, -0.2) is 4.98 Å². The van der Waals surface area contributed by atoms with Gasteiger partial charge in [0.05, 0.1) is 10.7 Å². The summed E-state index contributed by atoms with van der Waals surface area (Å²) in [5, 5.41) is 19.5. The van der Waals surface area contributed by atoms with Gasteiger partial charge in [0, 0.05) is 38.2 Å². The zero-order valence-electron chi connectivity index (χ0n) is 17.9. The highest BCUT2D eigenvalue weighted by Crippen LogP contribution is 2.19. The quantitative estimate of drug-likeness (QED) is 0.387. The number of aromatic nitrogens is 1. The van der Waals surface area contributed by atoms with Crippen molar-refractivity contribution in [2.24, 2.45) is 16.8 Å². The Kier molecular flexibility index (Phi) is 10.8. The maximum absolute atomic E-state index is 9.23. The van der Waals surface area contributed by atoms with Crippen LogP contribution in [0.25, 0.3) is 0 Å². The molecule has 28 heavy (non-hydrogen) atoms. The fraction of sp³-hybridized carbons (Fsp3) is 0.810. The highest BCUT2D eigenvalue weighted by atomic mass is 32.1. The number of hydrogen-bond donors (Lipinski definition) is 3. The van der Waals surface area contributed by atoms with E-state index >= 15 is 0 Å². The highest BCUT2D eigenvalue weighted by molar-refractivity contribution is 7.09. The van der Waals surface area contributed by atoms with E-state index in [9.17, 15) is 5.11 Å². The Labute approximate surface area is 174 Å². The predicted molar refractivity (Wildman–Crippen MR) is 119 cm³/mol. The van der Waals surface area contributed by atoms with Crippen LogP contribution in [0.15, 0.2) is 10.4 Å². The molecule has 1 unspecified atom stereocenters. The molecule has 3 N–H and O–H groups in total. The van der Waals surface area contributed by atoms with E-state index < -0.39 is 0 Å². The molecule has 1 aromatic rings. The Bertz CT molecular complexity index is 563. The largest absolute Gasteiger partial charge is 0.396 e. The van der Waals surface area contributed by atoms with Crippen LogP contribution in [0.1, 0.15) is 56.7 Å². The third-order valence-corrected chi connectivity index (χ3v) is 6.23. The second-order valence-electron chi connectivity index (χ2n) is 7.84. The molecule has 160 valence electrons. The van der Waals surface area contributed by atoms with Gasteiger partial charge in [-0.15, -0.1) is 11.3 Å². The molecule has 1 aromatic heterocycles. The number of nitrogens with one attached hydrogen (secondary N) is 2. The monoisotopic (exact) mass is 409 g/mol. The van der Waals surface area contributed by atoms with Gasteiger partial charge in [-0.3, -0.25) is 9.89 Å². The van der Waals surface area contributed by atoms with E-state index in [4.69, 9.17) is 4.99 Å². The first-order valence-corrected chi connectivity index (χ1v) is 11.8. The molecule has 0 bridgehead atoms. The Hall–Kier alpha value is -1.18. The van der Waals surface area contributed by atoms with E-state index in [1.54, 1.807) is 11.3 Å². The minimum absolute atomic E-state index is 0.253. The predicted octanol–water partition coefficient (Wildman–Crippen LogP) is 3.02. The average molecular weight is 410 g/mol. The first-order chi connectivity index (χ1) is 13.6. The van der Waals surface area contributed by atoms with E-state index in [2.05, 4.69) is 46.7 Å². The van der Waals surface area contributed by atoms with Gasteiger partial charge in [0.2, 0.25) is 0 Å². The Morgan fingerprint density at radius 2 is 2.11 bits per heavy atom. The lowest BCUT2D eigenvalue weighted by Gasteiger charge is -2.31. The number of aliphatic hydroxyl groups is 1. The van der Waals surface area contributed by atoms with Gasteiger partial charge in [-0.05, 0) is 64.5 Å². The molecule has 1 saturated heterocycles. The summed E-state index contributed by atoms with van der Waals surface area (Å²) >= 11 is 1.74. The smallest absolute Gasteiger partial charge is 0.191 e. The molecule has 1 fully saturated rings. The van der Waals surface area contributed by atoms with Gasteiger partial charge in [-0.1, -0.05) is 13.3 Å². The standard InChI is InChI=1S/C21H39N5OS/c1-4-6-18(9-12-27)13-23-21(22-5-2)24-14-19-7-10-26(11-8-19)15-20-16-28-17(3)25-20/h16,18-19,27H,4-15H2,1-3H3,(H2,22,23,24). The Balaban J connectivity index is 1.73. The van der Waals surface area contributed by atoms with Crippen LogP contribution in [-0.2, 0) is 6.54 Å². The van der Waals surface area contributed by atoms with Gasteiger partial charge in [0.1, 0.15) is 0 Å². The lowest BCUT2D eigenvalue weighted by molar-refractivity contribution is 0.176. The number of piperidine rings is 1. The Morgan fingerprint density at radius 1 is 1.32 bits per heavy atom. The molecule has 1 atom stereocenters. The van der Waals surface area contributed by atoms with Crippen LogP contribution in [0, 0.1) is 18.8 Å². The van der Waals surface area contributed by atoms with E-state index in [1.807, 2.05) is 0 Å². The van der Waals surface area contributed by atoms with Crippen LogP contribution >= 0.6 is 11.3 Å². The van der Waals surface area contributed by atoms with Gasteiger partial charge in [-0.2, -0.15) is 0 Å². The van der Waals surface area contributed by atoms with Crippen LogP contribution in [0.4, 0.5) is 0 Å². The summed E-state index contributed by atoms with van der Waals surface area (Å²) in [7, 11) is 0. The number of rotatable bonds is 11. The van der Waals surface area contributed by atoms with Crippen molar-refractivity contribution in [3.63, 3.8) is 0 Å². The van der Waals surface area contributed by atoms with Crippen molar-refractivity contribution in [1.29, 1.82) is 0 Å². The summed E-state index contributed by atoms with van der Waals surface area (Å²) in [6.45, 7) is 12.5. The van der Waals surface area contributed by atoms with Crippen molar-refractivity contribution in [2.75, 3.05) is 39.3 Å². The van der Waals surface area contributed by atoms with Crippen molar-refractivity contribution in [2.45, 2.75) is 59.4 Å². The van der Waals surface area contributed by atoms with Crippen molar-refractivity contribution in [1.82, 2.24) is 20.5 Å². The zero-order valence-corrected chi connectivity index (χ0v) is 18.7. The number of aryl methyl sites for hydroxylation is 1. The molecule has 7 heteroatoms. The third-order valence-electron chi connectivity index (χ3n) is 5.40. The number of nitrogens with zero attached hydrogens (tertiary/aromatic N) is 3. The molecule has 2 heterocycles. The lowest BCUT2D eigenvalue weighted by atomic mass is 9.97. The van der Waals surface area contributed by atoms with Crippen LogP contribution in [0.2, 0.25) is 0 Å². The highest BCUT2D eigenvalue weighted by Gasteiger charge is 2.20. The maximum Gasteiger partial charge on any atom is 0.191 e. The van der Waals surface area contributed by atoms with E-state index in [0.29, 0.717) is 11.8 Å². The summed E-state index contributed by atoms with van der Waals surface area (Å²) < 4.78 is 0. The van der Waals surface area contributed by atoms with Gasteiger partial charge in [0.15, 0.2) is 5.96 Å². The number of aliphatic hydroxyl groups excluding tert-OH is 1. The number of aliphatic imine (C=N–C) groups is 1. The molecule has 0 saturated carbocycles. The molecule has 1 aliphatic heterocycles. The second kappa shape index (κ2) is 13.1. The van der Waals surface area contributed by atoms with Gasteiger partial charge in [0.25, 0.3) is 0 Å². The van der Waals surface area contributed by atoms with Crippen molar-refractivity contribution < 1.29 is 5.11 Å². The third kappa shape index (κ3) is 8.45. The summed E-state index contributed by atoms with van der Waals surface area (Å²) in [6, 6.07) is 0.